The van der Waals surface area contributed by atoms with Crippen molar-refractivity contribution >= 4 is 45.0 Å². The number of carbonyl (C=O) groups is 3. The van der Waals surface area contributed by atoms with Crippen molar-refractivity contribution in [3.63, 3.8) is 0 Å². The van der Waals surface area contributed by atoms with Crippen molar-refractivity contribution in [1.82, 2.24) is 10.2 Å². The molecule has 22 heavy (non-hydrogen) atoms. The molecule has 2 aliphatic heterocycles. The van der Waals surface area contributed by atoms with E-state index < -0.39 is 39.7 Å². The van der Waals surface area contributed by atoms with Crippen molar-refractivity contribution in [1.29, 1.82) is 0 Å². The van der Waals surface area contributed by atoms with E-state index in [-0.39, 0.29) is 11.4 Å². The Hall–Kier alpha value is -1.22. The minimum Gasteiger partial charge on any atom is -0.455 e. The molecule has 2 unspecified atom stereocenters. The number of rotatable bonds is 4. The lowest BCUT2D eigenvalue weighted by molar-refractivity contribution is -0.158. The van der Waals surface area contributed by atoms with Crippen LogP contribution in [0.3, 0.4) is 0 Å². The van der Waals surface area contributed by atoms with Gasteiger partial charge in [-0.15, -0.1) is 0 Å². The SMILES string of the molecule is CC(C)(C)OC(=O)C1=C(CBr)CS(=O)[C@@H]2C(NC=O)C(=O)N12. The molecule has 122 valence electrons. The van der Waals surface area contributed by atoms with Gasteiger partial charge in [-0.25, -0.2) is 4.79 Å². The van der Waals surface area contributed by atoms with Crippen LogP contribution in [0.25, 0.3) is 0 Å². The molecule has 9 heteroatoms. The molecule has 7 nitrogen and oxygen atoms in total. The highest BCUT2D eigenvalue weighted by molar-refractivity contribution is 9.09. The molecule has 2 amide bonds. The van der Waals surface area contributed by atoms with Gasteiger partial charge in [0, 0.05) is 5.33 Å². The lowest BCUT2D eigenvalue weighted by Gasteiger charge is -2.49. The maximum atomic E-state index is 12.4. The fourth-order valence-corrected chi connectivity index (χ4v) is 4.79. The molecule has 2 aliphatic rings. The first-order valence-electron chi connectivity index (χ1n) is 6.62. The van der Waals surface area contributed by atoms with Crippen molar-refractivity contribution in [3.05, 3.63) is 11.3 Å². The average molecular weight is 393 g/mol. The Morgan fingerprint density at radius 3 is 2.68 bits per heavy atom. The van der Waals surface area contributed by atoms with Gasteiger partial charge in [0.05, 0.1) is 16.6 Å². The summed E-state index contributed by atoms with van der Waals surface area (Å²) >= 11 is 3.25. The van der Waals surface area contributed by atoms with Gasteiger partial charge in [0.2, 0.25) is 6.41 Å². The molecule has 0 radical (unpaired) electrons. The predicted molar refractivity (Wildman–Crippen MR) is 83.3 cm³/mol. The number of β-lactam (4-membered cyclic amide) rings is 1. The van der Waals surface area contributed by atoms with Crippen LogP contribution in [0.5, 0.6) is 0 Å². The fourth-order valence-electron chi connectivity index (χ4n) is 2.36. The average Bonchev–Trinajstić information content (AvgIpc) is 2.41. The van der Waals surface area contributed by atoms with E-state index in [4.69, 9.17) is 4.74 Å². The van der Waals surface area contributed by atoms with E-state index in [9.17, 15) is 18.6 Å². The topological polar surface area (TPSA) is 92.8 Å². The molecule has 0 bridgehead atoms. The zero-order chi connectivity index (χ0) is 16.7. The third-order valence-corrected chi connectivity index (χ3v) is 5.54. The number of nitrogens with zero attached hydrogens (tertiary/aromatic N) is 1. The molecular weight excluding hydrogens is 376 g/mol. The zero-order valence-electron chi connectivity index (χ0n) is 12.4. The third-order valence-electron chi connectivity index (χ3n) is 3.21. The van der Waals surface area contributed by atoms with Gasteiger partial charge in [0.1, 0.15) is 22.7 Å². The second kappa shape index (κ2) is 6.11. The summed E-state index contributed by atoms with van der Waals surface area (Å²) in [5, 5.41) is 1.95. The minimum absolute atomic E-state index is 0.130. The quantitative estimate of drug-likeness (QED) is 0.315. The number of hydrogen-bond donors (Lipinski definition) is 1. The molecule has 0 saturated carbocycles. The number of alkyl halides is 1. The van der Waals surface area contributed by atoms with E-state index in [0.717, 1.165) is 0 Å². The van der Waals surface area contributed by atoms with E-state index in [1.165, 1.54) is 4.90 Å². The molecule has 0 aliphatic carbocycles. The van der Waals surface area contributed by atoms with E-state index in [2.05, 4.69) is 21.2 Å². The van der Waals surface area contributed by atoms with Crippen LogP contribution in [0.1, 0.15) is 20.8 Å². The summed E-state index contributed by atoms with van der Waals surface area (Å²) < 4.78 is 17.6. The summed E-state index contributed by atoms with van der Waals surface area (Å²) in [5.41, 5.74) is -0.0193. The van der Waals surface area contributed by atoms with Crippen molar-refractivity contribution < 1.29 is 23.3 Å². The summed E-state index contributed by atoms with van der Waals surface area (Å²) in [6, 6.07) is -0.854. The lowest BCUT2D eigenvalue weighted by Crippen LogP contribution is -2.73. The summed E-state index contributed by atoms with van der Waals surface area (Å²) in [7, 11) is -1.38. The molecule has 0 aromatic carbocycles. The normalized spacial score (nSPS) is 27.9. The Labute approximate surface area is 139 Å². The molecule has 0 spiro atoms. The van der Waals surface area contributed by atoms with Gasteiger partial charge in [-0.05, 0) is 26.3 Å². The van der Waals surface area contributed by atoms with Gasteiger partial charge < -0.3 is 10.1 Å². The van der Waals surface area contributed by atoms with Crippen LogP contribution in [0.4, 0.5) is 0 Å². The summed E-state index contributed by atoms with van der Waals surface area (Å²) in [6.07, 6.45) is 0.397. The Morgan fingerprint density at radius 1 is 1.55 bits per heavy atom. The molecule has 1 fully saturated rings. The molecule has 1 saturated heterocycles. The van der Waals surface area contributed by atoms with Gasteiger partial charge in [-0.3, -0.25) is 18.7 Å². The Bertz CT molecular complexity index is 583. The standard InChI is InChI=1S/C13H17BrN2O5S/c1-13(2,3)21-12(19)9-7(4-14)5-22(20)11-8(15-6-17)10(18)16(9)11/h6,8,11H,4-5H2,1-3H3,(H,15,17)/t8?,11-,22?/m1/s1. The summed E-state index contributed by atoms with van der Waals surface area (Å²) in [5.74, 6) is -0.920. The second-order valence-corrected chi connectivity index (χ2v) is 8.07. The third kappa shape index (κ3) is 2.96. The highest BCUT2D eigenvalue weighted by Crippen LogP contribution is 2.36. The van der Waals surface area contributed by atoms with E-state index >= 15 is 0 Å². The molecule has 0 aromatic heterocycles. The number of amides is 2. The first-order chi connectivity index (χ1) is 10.2. The van der Waals surface area contributed by atoms with Crippen molar-refractivity contribution in [2.24, 2.45) is 0 Å². The summed E-state index contributed by atoms with van der Waals surface area (Å²) in [4.78, 5) is 36.3. The Morgan fingerprint density at radius 2 is 2.18 bits per heavy atom. The second-order valence-electron chi connectivity index (χ2n) is 5.97. The number of ether oxygens (including phenoxy) is 1. The minimum atomic E-state index is -1.38. The smallest absolute Gasteiger partial charge is 0.355 e. The highest BCUT2D eigenvalue weighted by Gasteiger charge is 2.56. The number of hydrogen-bond acceptors (Lipinski definition) is 5. The monoisotopic (exact) mass is 392 g/mol. The van der Waals surface area contributed by atoms with E-state index in [1.807, 2.05) is 0 Å². The van der Waals surface area contributed by atoms with Gasteiger partial charge in [0.25, 0.3) is 5.91 Å². The molecule has 3 atom stereocenters. The van der Waals surface area contributed by atoms with Crippen LogP contribution in [0.2, 0.25) is 0 Å². The Balaban J connectivity index is 2.37. The number of esters is 1. The van der Waals surface area contributed by atoms with Crippen LogP contribution >= 0.6 is 15.9 Å². The van der Waals surface area contributed by atoms with Crippen molar-refractivity contribution in [3.8, 4) is 0 Å². The first-order valence-corrected chi connectivity index (χ1v) is 9.13. The van der Waals surface area contributed by atoms with Crippen LogP contribution in [-0.4, -0.2) is 55.5 Å². The van der Waals surface area contributed by atoms with Crippen LogP contribution < -0.4 is 5.32 Å². The number of halogens is 1. The van der Waals surface area contributed by atoms with Crippen LogP contribution in [0.15, 0.2) is 11.3 Å². The summed E-state index contributed by atoms with van der Waals surface area (Å²) in [6.45, 7) is 5.19. The molecule has 2 rings (SSSR count). The van der Waals surface area contributed by atoms with E-state index in [0.29, 0.717) is 17.3 Å². The van der Waals surface area contributed by atoms with Crippen molar-refractivity contribution in [2.75, 3.05) is 11.1 Å². The predicted octanol–water partition coefficient (Wildman–Crippen LogP) is 0.0223. The lowest BCUT2D eigenvalue weighted by atomic mass is 10.0. The van der Waals surface area contributed by atoms with Gasteiger partial charge in [-0.2, -0.15) is 0 Å². The molecular formula is C13H17BrN2O5S. The van der Waals surface area contributed by atoms with E-state index in [1.54, 1.807) is 20.8 Å². The number of carbonyl (C=O) groups excluding carboxylic acids is 3. The van der Waals surface area contributed by atoms with Gasteiger partial charge in [-0.1, -0.05) is 15.9 Å². The van der Waals surface area contributed by atoms with Gasteiger partial charge >= 0.3 is 5.97 Å². The molecule has 2 heterocycles. The maximum absolute atomic E-state index is 12.4. The first kappa shape index (κ1) is 17.1. The maximum Gasteiger partial charge on any atom is 0.355 e. The molecule has 0 aromatic rings. The van der Waals surface area contributed by atoms with Crippen LogP contribution in [0, 0.1) is 0 Å². The largest absolute Gasteiger partial charge is 0.455 e. The van der Waals surface area contributed by atoms with Crippen LogP contribution in [-0.2, 0) is 29.9 Å². The number of nitrogens with one attached hydrogen (secondary N) is 1. The molecule has 1 N–H and O–H groups in total. The van der Waals surface area contributed by atoms with Gasteiger partial charge in [0.15, 0.2) is 0 Å². The Kier molecular flexibility index (Phi) is 4.76. The van der Waals surface area contributed by atoms with Crippen molar-refractivity contribution in [2.45, 2.75) is 37.8 Å². The number of fused-ring (bicyclic) bond motifs is 1. The highest BCUT2D eigenvalue weighted by atomic mass is 79.9. The fraction of sp³-hybridized carbons (Fsp3) is 0.615. The zero-order valence-corrected chi connectivity index (χ0v) is 14.8.